The van der Waals surface area contributed by atoms with Crippen LogP contribution in [0.5, 0.6) is 0 Å². The van der Waals surface area contributed by atoms with Crippen LogP contribution in [0.15, 0.2) is 24.0 Å². The maximum atomic E-state index is 13.0. The van der Waals surface area contributed by atoms with E-state index < -0.39 is 5.41 Å². The molecule has 0 aromatic heterocycles. The summed E-state index contributed by atoms with van der Waals surface area (Å²) in [6.07, 6.45) is 9.76. The van der Waals surface area contributed by atoms with Gasteiger partial charge < -0.3 is 5.11 Å². The zero-order valence-electron chi connectivity index (χ0n) is 13.3. The van der Waals surface area contributed by atoms with Crippen LogP contribution in [-0.4, -0.2) is 16.7 Å². The van der Waals surface area contributed by atoms with E-state index in [0.29, 0.717) is 36.2 Å². The van der Waals surface area contributed by atoms with Crippen molar-refractivity contribution in [1.82, 2.24) is 0 Å². The second kappa shape index (κ2) is 4.33. The van der Waals surface area contributed by atoms with Gasteiger partial charge in [0.15, 0.2) is 0 Å². The molecule has 0 aromatic rings. The molecule has 0 bridgehead atoms. The summed E-state index contributed by atoms with van der Waals surface area (Å²) in [5.74, 6) is 1.84. The fourth-order valence-corrected chi connectivity index (χ4v) is 6.06. The number of carbonyl (C=O) groups is 2. The Morgan fingerprint density at radius 1 is 1.18 bits per heavy atom. The van der Waals surface area contributed by atoms with Crippen molar-refractivity contribution < 1.29 is 14.7 Å². The number of allylic oxidation sites excluding steroid dienone is 3. The van der Waals surface area contributed by atoms with Gasteiger partial charge in [0.25, 0.3) is 0 Å². The highest BCUT2D eigenvalue weighted by Gasteiger charge is 2.62. The monoisotopic (exact) mass is 300 g/mol. The molecule has 3 saturated carbocycles. The first-order chi connectivity index (χ1) is 10.4. The van der Waals surface area contributed by atoms with Gasteiger partial charge in [-0.1, -0.05) is 19.9 Å². The number of rotatable bonds is 0. The number of aliphatic hydroxyl groups is 1. The maximum absolute atomic E-state index is 13.0. The average Bonchev–Trinajstić information content (AvgIpc) is 2.75. The van der Waals surface area contributed by atoms with Crippen LogP contribution in [-0.2, 0) is 9.59 Å². The molecule has 3 fully saturated rings. The molecular formula is C19H24O3. The Labute approximate surface area is 131 Å². The van der Waals surface area contributed by atoms with Crippen LogP contribution in [0.25, 0.3) is 0 Å². The topological polar surface area (TPSA) is 54.4 Å². The summed E-state index contributed by atoms with van der Waals surface area (Å²) < 4.78 is 0. The number of aliphatic hydroxyl groups excluding tert-OH is 1. The van der Waals surface area contributed by atoms with Gasteiger partial charge in [-0.25, -0.2) is 0 Å². The average molecular weight is 300 g/mol. The first kappa shape index (κ1) is 14.2. The van der Waals surface area contributed by atoms with Gasteiger partial charge in [0.05, 0.1) is 0 Å². The Kier molecular flexibility index (Phi) is 2.80. The summed E-state index contributed by atoms with van der Waals surface area (Å²) in [5, 5.41) is 9.80. The van der Waals surface area contributed by atoms with Crippen molar-refractivity contribution in [2.24, 2.45) is 34.5 Å². The molecular weight excluding hydrogens is 276 g/mol. The molecule has 0 aliphatic heterocycles. The number of carbonyl (C=O) groups excluding carboxylic acids is 2. The lowest BCUT2D eigenvalue weighted by Gasteiger charge is -2.56. The third-order valence-electron chi connectivity index (χ3n) is 7.24. The minimum absolute atomic E-state index is 0.0100. The van der Waals surface area contributed by atoms with E-state index in [-0.39, 0.29) is 23.0 Å². The minimum atomic E-state index is -0.405. The smallest absolute Gasteiger partial charge is 0.139 e. The molecule has 22 heavy (non-hydrogen) atoms. The lowest BCUT2D eigenvalue weighted by atomic mass is 9.47. The number of hydrogen-bond acceptors (Lipinski definition) is 3. The molecule has 3 heteroatoms. The van der Waals surface area contributed by atoms with E-state index >= 15 is 0 Å². The molecule has 3 nitrogen and oxygen atoms in total. The van der Waals surface area contributed by atoms with Gasteiger partial charge in [-0.05, 0) is 49.2 Å². The van der Waals surface area contributed by atoms with E-state index in [1.807, 2.05) is 13.0 Å². The van der Waals surface area contributed by atoms with Crippen molar-refractivity contribution >= 4 is 11.6 Å². The molecule has 0 radical (unpaired) electrons. The predicted octanol–water partition coefficient (Wildman–Crippen LogP) is 3.61. The van der Waals surface area contributed by atoms with Crippen molar-refractivity contribution in [3.05, 3.63) is 24.0 Å². The van der Waals surface area contributed by atoms with Crippen molar-refractivity contribution in [1.29, 1.82) is 0 Å². The fraction of sp³-hybridized carbons (Fsp3) is 0.684. The summed E-state index contributed by atoms with van der Waals surface area (Å²) in [4.78, 5) is 25.3. The highest BCUT2D eigenvalue weighted by atomic mass is 16.3. The number of hydrogen-bond donors (Lipinski definition) is 1. The summed E-state index contributed by atoms with van der Waals surface area (Å²) in [6, 6.07) is 0. The molecule has 6 atom stereocenters. The van der Waals surface area contributed by atoms with Gasteiger partial charge in [-0.15, -0.1) is 0 Å². The van der Waals surface area contributed by atoms with Crippen molar-refractivity contribution in [3.63, 3.8) is 0 Å². The van der Waals surface area contributed by atoms with Crippen LogP contribution in [0.2, 0.25) is 0 Å². The van der Waals surface area contributed by atoms with Crippen LogP contribution in [0.1, 0.15) is 46.0 Å². The van der Waals surface area contributed by atoms with Crippen LogP contribution in [0.4, 0.5) is 0 Å². The first-order valence-electron chi connectivity index (χ1n) is 8.52. The summed E-state index contributed by atoms with van der Waals surface area (Å²) in [5.41, 5.74) is -0.600. The molecule has 0 saturated heterocycles. The molecule has 0 aromatic carbocycles. The number of Topliss-reactive ketones (excluding diaryl/α,β-unsaturated/α-hetero) is 2. The van der Waals surface area contributed by atoms with E-state index in [9.17, 15) is 14.7 Å². The molecule has 118 valence electrons. The van der Waals surface area contributed by atoms with Gasteiger partial charge >= 0.3 is 0 Å². The maximum Gasteiger partial charge on any atom is 0.139 e. The van der Waals surface area contributed by atoms with Gasteiger partial charge in [0.1, 0.15) is 17.3 Å². The predicted molar refractivity (Wildman–Crippen MR) is 83.1 cm³/mol. The van der Waals surface area contributed by atoms with Gasteiger partial charge in [-0.3, -0.25) is 9.59 Å². The highest BCUT2D eigenvalue weighted by Crippen LogP contribution is 2.62. The van der Waals surface area contributed by atoms with E-state index in [1.54, 1.807) is 6.08 Å². The van der Waals surface area contributed by atoms with Crippen molar-refractivity contribution in [3.8, 4) is 0 Å². The quantitative estimate of drug-likeness (QED) is 0.743. The molecule has 0 unspecified atom stereocenters. The Morgan fingerprint density at radius 2 is 1.95 bits per heavy atom. The first-order valence-corrected chi connectivity index (χ1v) is 8.52. The van der Waals surface area contributed by atoms with Crippen molar-refractivity contribution in [2.45, 2.75) is 46.0 Å². The molecule has 4 aliphatic rings. The van der Waals surface area contributed by atoms with Crippen LogP contribution in [0, 0.1) is 34.5 Å². The Balaban J connectivity index is 1.76. The summed E-state index contributed by atoms with van der Waals surface area (Å²) in [7, 11) is 0. The van der Waals surface area contributed by atoms with E-state index in [4.69, 9.17) is 0 Å². The van der Waals surface area contributed by atoms with Gasteiger partial charge in [-0.2, -0.15) is 0 Å². The second-order valence-corrected chi connectivity index (χ2v) is 8.25. The van der Waals surface area contributed by atoms with E-state index in [2.05, 4.69) is 13.0 Å². The summed E-state index contributed by atoms with van der Waals surface area (Å²) >= 11 is 0. The second-order valence-electron chi connectivity index (χ2n) is 8.25. The standard InChI is InChI=1S/C19H24O3/c1-18-8-7-12(20)9-11(18)3-4-13-14-5-6-16(22)19(14,2)10-15(21)17(13)18/h7-9,11,13-14,17,20H,3-6,10H2,1-2H3/t11-,13-,14-,17+,18-,19-/m0/s1. The zero-order valence-corrected chi connectivity index (χ0v) is 13.3. The molecule has 0 amide bonds. The fourth-order valence-electron chi connectivity index (χ4n) is 6.06. The normalized spacial score (nSPS) is 50.2. The van der Waals surface area contributed by atoms with Gasteiger partial charge in [0, 0.05) is 29.6 Å². The highest BCUT2D eigenvalue weighted by molar-refractivity contribution is 5.95. The largest absolute Gasteiger partial charge is 0.508 e. The molecule has 0 spiro atoms. The SMILES string of the molecule is C[C@]12C=CC(O)=C[C@@H]1CC[C@@H]1[C@@H]2C(=O)C[C@]2(C)C(=O)CC[C@@H]12. The van der Waals surface area contributed by atoms with Crippen LogP contribution < -0.4 is 0 Å². The molecule has 4 rings (SSSR count). The van der Waals surface area contributed by atoms with E-state index in [1.165, 1.54) is 0 Å². The molecule has 1 N–H and O–H groups in total. The minimum Gasteiger partial charge on any atom is -0.508 e. The molecule has 0 heterocycles. The Hall–Kier alpha value is -1.38. The third-order valence-corrected chi connectivity index (χ3v) is 7.24. The van der Waals surface area contributed by atoms with E-state index in [0.717, 1.165) is 19.3 Å². The Bertz CT molecular complexity index is 616. The lowest BCUT2D eigenvalue weighted by molar-refractivity contribution is -0.151. The number of ketones is 2. The zero-order chi connectivity index (χ0) is 15.7. The Morgan fingerprint density at radius 3 is 2.73 bits per heavy atom. The number of fused-ring (bicyclic) bond motifs is 5. The molecule has 4 aliphatic carbocycles. The van der Waals surface area contributed by atoms with Crippen LogP contribution >= 0.6 is 0 Å². The van der Waals surface area contributed by atoms with Gasteiger partial charge in [0.2, 0.25) is 0 Å². The lowest BCUT2D eigenvalue weighted by Crippen LogP contribution is -2.55. The van der Waals surface area contributed by atoms with Crippen molar-refractivity contribution in [2.75, 3.05) is 0 Å². The third kappa shape index (κ3) is 1.63. The van der Waals surface area contributed by atoms with Crippen LogP contribution in [0.3, 0.4) is 0 Å². The summed E-state index contributed by atoms with van der Waals surface area (Å²) in [6.45, 7) is 4.20.